The average Bonchev–Trinajstić information content (AvgIpc) is 3.26. The molecule has 132 valence electrons. The van der Waals surface area contributed by atoms with Crippen LogP contribution in [-0.4, -0.2) is 37.5 Å². The quantitative estimate of drug-likeness (QED) is 0.869. The van der Waals surface area contributed by atoms with E-state index < -0.39 is 5.92 Å². The van der Waals surface area contributed by atoms with Gasteiger partial charge < -0.3 is 24.1 Å². The number of hydrogen-bond acceptors (Lipinski definition) is 5. The van der Waals surface area contributed by atoms with Gasteiger partial charge in [-0.05, 0) is 24.3 Å². The predicted octanol–water partition coefficient (Wildman–Crippen LogP) is 2.28. The number of carbonyl (C=O) groups is 2. The van der Waals surface area contributed by atoms with Crippen molar-refractivity contribution < 1.29 is 23.5 Å². The number of anilines is 1. The number of rotatable bonds is 6. The highest BCUT2D eigenvalue weighted by atomic mass is 16.5. The van der Waals surface area contributed by atoms with Gasteiger partial charge in [0.15, 0.2) is 0 Å². The van der Waals surface area contributed by atoms with Crippen LogP contribution in [0, 0.1) is 5.92 Å². The lowest BCUT2D eigenvalue weighted by molar-refractivity contribution is -0.128. The molecule has 0 bridgehead atoms. The summed E-state index contributed by atoms with van der Waals surface area (Å²) in [4.78, 5) is 26.3. The van der Waals surface area contributed by atoms with E-state index in [9.17, 15) is 9.59 Å². The molecule has 1 saturated heterocycles. The summed E-state index contributed by atoms with van der Waals surface area (Å²) in [5.74, 6) is 1.16. The fourth-order valence-electron chi connectivity index (χ4n) is 2.83. The Bertz CT molecular complexity index is 757. The number of nitrogens with zero attached hydrogens (tertiary/aromatic N) is 1. The number of likely N-dealkylation sites (tertiary alicyclic amines) is 1. The zero-order valence-corrected chi connectivity index (χ0v) is 14.2. The smallest absolute Gasteiger partial charge is 0.229 e. The summed E-state index contributed by atoms with van der Waals surface area (Å²) in [7, 11) is 3.08. The maximum Gasteiger partial charge on any atom is 0.229 e. The Hall–Kier alpha value is -2.96. The highest BCUT2D eigenvalue weighted by Gasteiger charge is 2.34. The van der Waals surface area contributed by atoms with E-state index in [4.69, 9.17) is 13.9 Å². The van der Waals surface area contributed by atoms with E-state index in [0.29, 0.717) is 36.0 Å². The zero-order valence-electron chi connectivity index (χ0n) is 14.2. The third-order valence-corrected chi connectivity index (χ3v) is 4.18. The van der Waals surface area contributed by atoms with Crippen LogP contribution in [0.15, 0.2) is 41.0 Å². The standard InChI is InChI=1S/C18H20N2O5/c1-23-13-5-6-15(16(9-13)24-2)19-18(22)12-8-17(21)20(10-12)11-14-4-3-7-25-14/h3-7,9,12H,8,10-11H2,1-2H3,(H,19,22)/t12-/m0/s1. The second kappa shape index (κ2) is 7.29. The third kappa shape index (κ3) is 3.76. The molecule has 25 heavy (non-hydrogen) atoms. The number of nitrogens with one attached hydrogen (secondary N) is 1. The molecule has 1 atom stereocenters. The number of furan rings is 1. The number of amides is 2. The van der Waals surface area contributed by atoms with Gasteiger partial charge in [0.05, 0.1) is 38.6 Å². The molecule has 1 fully saturated rings. The molecule has 0 aliphatic carbocycles. The maximum atomic E-state index is 12.5. The minimum Gasteiger partial charge on any atom is -0.497 e. The first-order valence-electron chi connectivity index (χ1n) is 7.93. The summed E-state index contributed by atoms with van der Waals surface area (Å²) in [5, 5.41) is 2.83. The van der Waals surface area contributed by atoms with Crippen LogP contribution in [0.5, 0.6) is 11.5 Å². The van der Waals surface area contributed by atoms with Crippen molar-refractivity contribution in [1.82, 2.24) is 4.90 Å². The van der Waals surface area contributed by atoms with Crippen LogP contribution in [0.3, 0.4) is 0 Å². The zero-order chi connectivity index (χ0) is 17.8. The minimum absolute atomic E-state index is 0.0572. The Kier molecular flexibility index (Phi) is 4.92. The molecule has 0 radical (unpaired) electrons. The van der Waals surface area contributed by atoms with Gasteiger partial charge >= 0.3 is 0 Å². The van der Waals surface area contributed by atoms with E-state index in [1.54, 1.807) is 42.5 Å². The van der Waals surface area contributed by atoms with Crippen molar-refractivity contribution >= 4 is 17.5 Å². The Morgan fingerprint density at radius 1 is 1.32 bits per heavy atom. The SMILES string of the molecule is COc1ccc(NC(=O)[C@H]2CC(=O)N(Cc3ccco3)C2)c(OC)c1. The van der Waals surface area contributed by atoms with Gasteiger partial charge in [-0.15, -0.1) is 0 Å². The fourth-order valence-corrected chi connectivity index (χ4v) is 2.83. The highest BCUT2D eigenvalue weighted by Crippen LogP contribution is 2.30. The highest BCUT2D eigenvalue weighted by molar-refractivity contribution is 5.98. The second-order valence-corrected chi connectivity index (χ2v) is 5.81. The molecule has 7 nitrogen and oxygen atoms in total. The number of ether oxygens (including phenoxy) is 2. The van der Waals surface area contributed by atoms with E-state index in [1.165, 1.54) is 7.11 Å². The topological polar surface area (TPSA) is 81.0 Å². The van der Waals surface area contributed by atoms with Crippen LogP contribution in [-0.2, 0) is 16.1 Å². The molecule has 0 saturated carbocycles. The molecule has 7 heteroatoms. The Morgan fingerprint density at radius 2 is 2.16 bits per heavy atom. The molecular weight excluding hydrogens is 324 g/mol. The Morgan fingerprint density at radius 3 is 2.84 bits per heavy atom. The van der Waals surface area contributed by atoms with Crippen LogP contribution in [0.2, 0.25) is 0 Å². The number of benzene rings is 1. The number of hydrogen-bond donors (Lipinski definition) is 1. The minimum atomic E-state index is -0.408. The van der Waals surface area contributed by atoms with Crippen molar-refractivity contribution in [3.63, 3.8) is 0 Å². The lowest BCUT2D eigenvalue weighted by Gasteiger charge is -2.16. The molecule has 0 unspecified atom stereocenters. The summed E-state index contributed by atoms with van der Waals surface area (Å²) >= 11 is 0. The normalized spacial score (nSPS) is 16.8. The number of carbonyl (C=O) groups excluding carboxylic acids is 2. The van der Waals surface area contributed by atoms with Gasteiger partial charge in [0, 0.05) is 19.0 Å². The van der Waals surface area contributed by atoms with Gasteiger partial charge in [0.2, 0.25) is 11.8 Å². The summed E-state index contributed by atoms with van der Waals surface area (Å²) in [6.45, 7) is 0.741. The van der Waals surface area contributed by atoms with E-state index in [2.05, 4.69) is 5.32 Å². The van der Waals surface area contributed by atoms with Crippen LogP contribution in [0.25, 0.3) is 0 Å². The van der Waals surface area contributed by atoms with Crippen molar-refractivity contribution in [1.29, 1.82) is 0 Å². The first kappa shape index (κ1) is 16.9. The molecule has 1 N–H and O–H groups in total. The Balaban J connectivity index is 1.65. The van der Waals surface area contributed by atoms with Crippen molar-refractivity contribution in [2.24, 2.45) is 5.92 Å². The predicted molar refractivity (Wildman–Crippen MR) is 90.4 cm³/mol. The molecular formula is C18H20N2O5. The monoisotopic (exact) mass is 344 g/mol. The molecule has 3 rings (SSSR count). The van der Waals surface area contributed by atoms with Crippen LogP contribution < -0.4 is 14.8 Å². The van der Waals surface area contributed by atoms with Crippen molar-refractivity contribution in [3.05, 3.63) is 42.4 Å². The van der Waals surface area contributed by atoms with Crippen LogP contribution in [0.1, 0.15) is 12.2 Å². The summed E-state index contributed by atoms with van der Waals surface area (Å²) in [5.41, 5.74) is 0.547. The molecule has 1 aromatic heterocycles. The fraction of sp³-hybridized carbons (Fsp3) is 0.333. The van der Waals surface area contributed by atoms with Gasteiger partial charge in [-0.25, -0.2) is 0 Å². The molecule has 0 spiro atoms. The lowest BCUT2D eigenvalue weighted by atomic mass is 10.1. The Labute approximate surface area is 145 Å². The van der Waals surface area contributed by atoms with Crippen molar-refractivity contribution in [2.45, 2.75) is 13.0 Å². The van der Waals surface area contributed by atoms with Crippen LogP contribution >= 0.6 is 0 Å². The maximum absolute atomic E-state index is 12.5. The van der Waals surface area contributed by atoms with Crippen LogP contribution in [0.4, 0.5) is 5.69 Å². The molecule has 2 heterocycles. The first-order valence-corrected chi connectivity index (χ1v) is 7.93. The van der Waals surface area contributed by atoms with Gasteiger partial charge in [-0.3, -0.25) is 9.59 Å². The largest absolute Gasteiger partial charge is 0.497 e. The first-order chi connectivity index (χ1) is 12.1. The van der Waals surface area contributed by atoms with E-state index in [0.717, 1.165) is 0 Å². The summed E-state index contributed by atoms with van der Waals surface area (Å²) < 4.78 is 15.7. The molecule has 2 aromatic rings. The van der Waals surface area contributed by atoms with E-state index >= 15 is 0 Å². The van der Waals surface area contributed by atoms with Gasteiger partial charge in [-0.2, -0.15) is 0 Å². The average molecular weight is 344 g/mol. The third-order valence-electron chi connectivity index (χ3n) is 4.18. The molecule has 1 aliphatic heterocycles. The summed E-state index contributed by atoms with van der Waals surface area (Å²) in [6.07, 6.45) is 1.75. The molecule has 1 aliphatic rings. The van der Waals surface area contributed by atoms with E-state index in [-0.39, 0.29) is 18.2 Å². The van der Waals surface area contributed by atoms with Gasteiger partial charge in [0.1, 0.15) is 17.3 Å². The van der Waals surface area contributed by atoms with Crippen molar-refractivity contribution in [3.8, 4) is 11.5 Å². The van der Waals surface area contributed by atoms with Gasteiger partial charge in [0.25, 0.3) is 0 Å². The van der Waals surface area contributed by atoms with E-state index in [1.807, 2.05) is 6.07 Å². The van der Waals surface area contributed by atoms with Gasteiger partial charge in [-0.1, -0.05) is 0 Å². The number of methoxy groups -OCH3 is 2. The lowest BCUT2D eigenvalue weighted by Crippen LogP contribution is -2.28. The summed E-state index contributed by atoms with van der Waals surface area (Å²) in [6, 6.07) is 8.73. The van der Waals surface area contributed by atoms with Crippen molar-refractivity contribution in [2.75, 3.05) is 26.1 Å². The molecule has 2 amide bonds. The molecule has 1 aromatic carbocycles. The second-order valence-electron chi connectivity index (χ2n) is 5.81.